The number of carbonyl (C=O) groups is 1. The zero-order valence-electron chi connectivity index (χ0n) is 16.3. The third kappa shape index (κ3) is 3.45. The normalized spacial score (nSPS) is 13.6. The van der Waals surface area contributed by atoms with Crippen molar-refractivity contribution in [2.75, 3.05) is 18.0 Å². The third-order valence-electron chi connectivity index (χ3n) is 5.18. The van der Waals surface area contributed by atoms with Crippen molar-refractivity contribution in [2.24, 2.45) is 5.73 Å². The van der Waals surface area contributed by atoms with Crippen LogP contribution < -0.4 is 10.6 Å². The summed E-state index contributed by atoms with van der Waals surface area (Å²) in [7, 11) is 0. The standard InChI is InChI=1S/C23H20FN5O/c1-3-14-6-8-20(28-19(14)4-2)29-12-16(13-29)22-21(26-9-10-27-22)15-5-7-17(23(25)30)18(24)11-15/h3-11,16H,1-2,12-13H2,(H2,25,30). The predicted octanol–water partition coefficient (Wildman–Crippen LogP) is 3.67. The molecule has 1 saturated heterocycles. The first-order valence-corrected chi connectivity index (χ1v) is 9.43. The van der Waals surface area contributed by atoms with Gasteiger partial charge in [0, 0.05) is 37.0 Å². The minimum absolute atomic E-state index is 0.126. The number of halogens is 1. The van der Waals surface area contributed by atoms with E-state index in [1.807, 2.05) is 12.1 Å². The van der Waals surface area contributed by atoms with Gasteiger partial charge in [-0.1, -0.05) is 25.3 Å². The van der Waals surface area contributed by atoms with Crippen LogP contribution in [0.15, 0.2) is 55.9 Å². The van der Waals surface area contributed by atoms with Crippen LogP contribution in [-0.2, 0) is 0 Å². The maximum Gasteiger partial charge on any atom is 0.251 e. The second-order valence-electron chi connectivity index (χ2n) is 7.00. The van der Waals surface area contributed by atoms with Crippen LogP contribution in [0.4, 0.5) is 10.2 Å². The molecule has 0 unspecified atom stereocenters. The zero-order valence-corrected chi connectivity index (χ0v) is 16.3. The lowest BCUT2D eigenvalue weighted by atomic mass is 9.92. The average molecular weight is 401 g/mol. The van der Waals surface area contributed by atoms with E-state index in [0.717, 1.165) is 22.8 Å². The van der Waals surface area contributed by atoms with E-state index in [0.29, 0.717) is 24.3 Å². The lowest BCUT2D eigenvalue weighted by Crippen LogP contribution is -2.46. The van der Waals surface area contributed by atoms with E-state index in [1.54, 1.807) is 30.6 Å². The summed E-state index contributed by atoms with van der Waals surface area (Å²) in [5.74, 6) is -0.494. The van der Waals surface area contributed by atoms with Gasteiger partial charge >= 0.3 is 0 Å². The molecule has 0 atom stereocenters. The van der Waals surface area contributed by atoms with E-state index < -0.39 is 11.7 Å². The fourth-order valence-corrected chi connectivity index (χ4v) is 3.56. The van der Waals surface area contributed by atoms with Crippen LogP contribution >= 0.6 is 0 Å². The first-order valence-electron chi connectivity index (χ1n) is 9.43. The molecule has 7 heteroatoms. The molecule has 1 aliphatic heterocycles. The highest BCUT2D eigenvalue weighted by Gasteiger charge is 2.32. The van der Waals surface area contributed by atoms with Gasteiger partial charge in [-0.3, -0.25) is 14.8 Å². The molecule has 0 aliphatic carbocycles. The Bertz CT molecular complexity index is 1150. The summed E-state index contributed by atoms with van der Waals surface area (Å²) < 4.78 is 14.3. The molecule has 0 bridgehead atoms. The van der Waals surface area contributed by atoms with Gasteiger partial charge in [0.05, 0.1) is 22.6 Å². The molecule has 4 rings (SSSR count). The minimum Gasteiger partial charge on any atom is -0.366 e. The van der Waals surface area contributed by atoms with E-state index in [1.165, 1.54) is 12.1 Å². The fraction of sp³-hybridized carbons (Fsp3) is 0.130. The lowest BCUT2D eigenvalue weighted by Gasteiger charge is -2.40. The van der Waals surface area contributed by atoms with Crippen LogP contribution in [0.2, 0.25) is 0 Å². The number of amides is 1. The van der Waals surface area contributed by atoms with Crippen molar-refractivity contribution >= 4 is 23.9 Å². The highest BCUT2D eigenvalue weighted by Crippen LogP contribution is 2.35. The van der Waals surface area contributed by atoms with Crippen molar-refractivity contribution in [1.29, 1.82) is 0 Å². The Kier molecular flexibility index (Phi) is 5.10. The second kappa shape index (κ2) is 7.87. The monoisotopic (exact) mass is 401 g/mol. The Morgan fingerprint density at radius 3 is 2.57 bits per heavy atom. The molecule has 3 heterocycles. The van der Waals surface area contributed by atoms with Gasteiger partial charge in [-0.05, 0) is 35.9 Å². The van der Waals surface area contributed by atoms with Crippen molar-refractivity contribution in [1.82, 2.24) is 15.0 Å². The summed E-state index contributed by atoms with van der Waals surface area (Å²) in [4.78, 5) is 27.0. The molecule has 3 aromatic rings. The number of nitrogens with zero attached hydrogens (tertiary/aromatic N) is 4. The SMILES string of the molecule is C=Cc1ccc(N2CC(c3nccnc3-c3ccc(C(N)=O)c(F)c3)C2)nc1C=C. The zero-order chi connectivity index (χ0) is 21.3. The fourth-order valence-electron chi connectivity index (χ4n) is 3.56. The topological polar surface area (TPSA) is 85.0 Å². The number of pyridine rings is 1. The molecule has 0 spiro atoms. The minimum atomic E-state index is -0.804. The van der Waals surface area contributed by atoms with Crippen LogP contribution in [0.1, 0.15) is 33.2 Å². The highest BCUT2D eigenvalue weighted by molar-refractivity contribution is 5.93. The van der Waals surface area contributed by atoms with E-state index in [9.17, 15) is 9.18 Å². The van der Waals surface area contributed by atoms with Crippen molar-refractivity contribution < 1.29 is 9.18 Å². The summed E-state index contributed by atoms with van der Waals surface area (Å²) in [5, 5.41) is 0. The first kappa shape index (κ1) is 19.4. The molecule has 2 N–H and O–H groups in total. The van der Waals surface area contributed by atoms with Gasteiger partial charge in [0.1, 0.15) is 11.6 Å². The summed E-state index contributed by atoms with van der Waals surface area (Å²) in [5.41, 5.74) is 8.70. The van der Waals surface area contributed by atoms with Crippen LogP contribution in [0.25, 0.3) is 23.4 Å². The average Bonchev–Trinajstić information content (AvgIpc) is 2.72. The highest BCUT2D eigenvalue weighted by atomic mass is 19.1. The van der Waals surface area contributed by atoms with Gasteiger partial charge in [0.2, 0.25) is 0 Å². The number of primary amides is 1. The summed E-state index contributed by atoms with van der Waals surface area (Å²) in [6.07, 6.45) is 6.66. The maximum atomic E-state index is 14.3. The van der Waals surface area contributed by atoms with Gasteiger partial charge < -0.3 is 10.6 Å². The number of anilines is 1. The molecule has 150 valence electrons. The summed E-state index contributed by atoms with van der Waals surface area (Å²) in [6, 6.07) is 8.21. The Morgan fingerprint density at radius 1 is 1.13 bits per heavy atom. The van der Waals surface area contributed by atoms with Gasteiger partial charge in [0.15, 0.2) is 0 Å². The second-order valence-corrected chi connectivity index (χ2v) is 7.00. The molecule has 1 aliphatic rings. The van der Waals surface area contributed by atoms with Crippen molar-refractivity contribution in [2.45, 2.75) is 5.92 Å². The van der Waals surface area contributed by atoms with Crippen molar-refractivity contribution in [3.05, 3.63) is 84.2 Å². The summed E-state index contributed by atoms with van der Waals surface area (Å²) >= 11 is 0. The van der Waals surface area contributed by atoms with Crippen molar-refractivity contribution in [3.63, 3.8) is 0 Å². The van der Waals surface area contributed by atoms with Crippen LogP contribution in [0.5, 0.6) is 0 Å². The van der Waals surface area contributed by atoms with E-state index in [-0.39, 0.29) is 11.5 Å². The number of benzene rings is 1. The maximum absolute atomic E-state index is 14.3. The molecular weight excluding hydrogens is 381 g/mol. The lowest BCUT2D eigenvalue weighted by molar-refractivity contribution is 0.0996. The van der Waals surface area contributed by atoms with Crippen LogP contribution in [-0.4, -0.2) is 33.9 Å². The number of nitrogens with two attached hydrogens (primary N) is 1. The van der Waals surface area contributed by atoms with E-state index in [4.69, 9.17) is 5.73 Å². The quantitative estimate of drug-likeness (QED) is 0.681. The largest absolute Gasteiger partial charge is 0.366 e. The molecule has 1 fully saturated rings. The molecule has 0 radical (unpaired) electrons. The Morgan fingerprint density at radius 2 is 1.90 bits per heavy atom. The third-order valence-corrected chi connectivity index (χ3v) is 5.18. The Balaban J connectivity index is 1.58. The molecule has 1 aromatic carbocycles. The molecule has 2 aromatic heterocycles. The van der Waals surface area contributed by atoms with E-state index >= 15 is 0 Å². The van der Waals surface area contributed by atoms with Crippen LogP contribution in [0, 0.1) is 5.82 Å². The molecule has 1 amide bonds. The number of hydrogen-bond acceptors (Lipinski definition) is 5. The smallest absolute Gasteiger partial charge is 0.251 e. The van der Waals surface area contributed by atoms with Crippen molar-refractivity contribution in [3.8, 4) is 11.3 Å². The van der Waals surface area contributed by atoms with Crippen LogP contribution in [0.3, 0.4) is 0 Å². The summed E-state index contributed by atoms with van der Waals surface area (Å²) in [6.45, 7) is 9.03. The Labute approximate surface area is 173 Å². The number of aromatic nitrogens is 3. The van der Waals surface area contributed by atoms with Gasteiger partial charge in [-0.15, -0.1) is 0 Å². The molecule has 30 heavy (non-hydrogen) atoms. The Hall–Kier alpha value is -3.87. The number of rotatable bonds is 6. The van der Waals surface area contributed by atoms with Gasteiger partial charge in [-0.25, -0.2) is 9.37 Å². The molecule has 6 nitrogen and oxygen atoms in total. The first-order chi connectivity index (χ1) is 14.5. The number of hydrogen-bond donors (Lipinski definition) is 1. The van der Waals surface area contributed by atoms with Gasteiger partial charge in [-0.2, -0.15) is 0 Å². The van der Waals surface area contributed by atoms with Gasteiger partial charge in [0.25, 0.3) is 5.91 Å². The predicted molar refractivity (Wildman–Crippen MR) is 115 cm³/mol. The molecule has 0 saturated carbocycles. The molecular formula is C23H20FN5O. The number of carbonyl (C=O) groups excluding carboxylic acids is 1. The van der Waals surface area contributed by atoms with E-state index in [2.05, 4.69) is 33.0 Å².